The minimum Gasteiger partial charge on any atom is -0.346 e. The van der Waals surface area contributed by atoms with E-state index in [1.807, 2.05) is 6.07 Å². The second-order valence-corrected chi connectivity index (χ2v) is 0.408. The summed E-state index contributed by atoms with van der Waals surface area (Å²) in [5.74, 6) is 0. The van der Waals surface area contributed by atoms with E-state index in [4.69, 9.17) is 5.26 Å². The average Bonchev–Trinajstić information content (AvgIpc) is 1.37. The number of rotatable bonds is 0. The van der Waals surface area contributed by atoms with Gasteiger partial charge in [-0.2, -0.15) is 5.26 Å². The van der Waals surface area contributed by atoms with E-state index in [2.05, 4.69) is 5.73 Å². The molecular weight excluding hydrogens is 52.0 g/mol. The molecule has 0 heterocycles. The molecule has 0 bridgehead atoms. The van der Waals surface area contributed by atoms with E-state index in [-0.39, 0.29) is 0 Å². The summed E-state index contributed by atoms with van der Waals surface area (Å²) in [7, 11) is 0. The Hall–Kier alpha value is -0.550. The molecule has 0 aromatic rings. The molecule has 0 saturated heterocycles. The zero-order chi connectivity index (χ0) is 3.41. The van der Waals surface area contributed by atoms with Crippen molar-refractivity contribution in [3.63, 3.8) is 0 Å². The first-order valence-electron chi connectivity index (χ1n) is 1.08. The molecule has 0 fully saturated rings. The van der Waals surface area contributed by atoms with E-state index in [9.17, 15) is 0 Å². The van der Waals surface area contributed by atoms with Crippen molar-refractivity contribution in [2.45, 2.75) is 0 Å². The number of nitrogens with zero attached hydrogens (tertiary/aromatic N) is 1. The van der Waals surface area contributed by atoms with Crippen molar-refractivity contribution in [3.8, 4) is 6.07 Å². The first-order valence-corrected chi connectivity index (χ1v) is 1.08. The van der Waals surface area contributed by atoms with Crippen LogP contribution in [-0.4, -0.2) is 6.54 Å². The van der Waals surface area contributed by atoms with E-state index in [0.29, 0.717) is 6.54 Å². The molecule has 0 aromatic heterocycles. The topological polar surface area (TPSA) is 51.4 Å². The molecule has 0 aliphatic rings. The summed E-state index contributed by atoms with van der Waals surface area (Å²) >= 11 is 0. The van der Waals surface area contributed by atoms with Crippen LogP contribution in [-0.2, 0) is 0 Å². The van der Waals surface area contributed by atoms with Crippen LogP contribution in [0.2, 0.25) is 0 Å². The highest BCUT2D eigenvalue weighted by molar-refractivity contribution is 4.61. The maximum Gasteiger partial charge on any atom is 0.161 e. The number of nitriles is 1. The standard InChI is InChI=1S/C2H4N2/c3-1-2-4/h1,3H2/p+1. The van der Waals surface area contributed by atoms with Crippen molar-refractivity contribution in [1.29, 1.82) is 5.26 Å². The molecule has 0 radical (unpaired) electrons. The molecule has 2 nitrogen and oxygen atoms in total. The molecule has 0 atom stereocenters. The summed E-state index contributed by atoms with van der Waals surface area (Å²) in [6.07, 6.45) is 0. The Morgan fingerprint density at radius 3 is 2.25 bits per heavy atom. The number of hydrogen-bond acceptors (Lipinski definition) is 1. The summed E-state index contributed by atoms with van der Waals surface area (Å²) in [6, 6.07) is 1.82. The highest BCUT2D eigenvalue weighted by Gasteiger charge is 1.53. The minimum atomic E-state index is 0.375. The molecule has 0 rings (SSSR count). The second kappa shape index (κ2) is 2.45. The predicted molar refractivity (Wildman–Crippen MR) is 13.4 cm³/mol. The predicted octanol–water partition coefficient (Wildman–Crippen LogP) is -1.25. The number of quaternary nitrogens is 1. The zero-order valence-corrected chi connectivity index (χ0v) is 2.36. The summed E-state index contributed by atoms with van der Waals surface area (Å²) in [4.78, 5) is 0. The maximum absolute atomic E-state index is 7.56. The average molecular weight is 57.1 g/mol. The molecular formula is C2H5N2+. The third-order valence-corrected chi connectivity index (χ3v) is 0.112. The first-order chi connectivity index (χ1) is 1.91. The molecule has 0 aliphatic heterocycles. The molecule has 0 aliphatic carbocycles. The van der Waals surface area contributed by atoms with Gasteiger partial charge in [-0.25, -0.2) is 0 Å². The van der Waals surface area contributed by atoms with Gasteiger partial charge in [0.15, 0.2) is 6.54 Å². The molecule has 0 saturated carbocycles. The fourth-order valence-electron chi connectivity index (χ4n) is 0. The quantitative estimate of drug-likeness (QED) is 0.347. The van der Waals surface area contributed by atoms with Crippen LogP contribution in [0.5, 0.6) is 0 Å². The lowest BCUT2D eigenvalue weighted by atomic mass is 10.8. The Labute approximate surface area is 24.8 Å². The van der Waals surface area contributed by atoms with Gasteiger partial charge in [-0.3, -0.25) is 0 Å². The first kappa shape index (κ1) is 3.45. The highest BCUT2D eigenvalue weighted by Crippen LogP contribution is 1.20. The lowest BCUT2D eigenvalue weighted by Gasteiger charge is -1.47. The van der Waals surface area contributed by atoms with Crippen LogP contribution in [0.1, 0.15) is 0 Å². The van der Waals surface area contributed by atoms with E-state index >= 15 is 0 Å². The third kappa shape index (κ3) is 1.45. The maximum atomic E-state index is 7.56. The van der Waals surface area contributed by atoms with Gasteiger partial charge in [0.05, 0.1) is 0 Å². The summed E-state index contributed by atoms with van der Waals surface area (Å²) in [5.41, 5.74) is 3.24. The SMILES string of the molecule is N#CC[NH3+]. The van der Waals surface area contributed by atoms with Gasteiger partial charge in [0, 0.05) is 0 Å². The van der Waals surface area contributed by atoms with Crippen molar-refractivity contribution in [3.05, 3.63) is 0 Å². The van der Waals surface area contributed by atoms with Crippen molar-refractivity contribution >= 4 is 0 Å². The van der Waals surface area contributed by atoms with Gasteiger partial charge < -0.3 is 5.73 Å². The summed E-state index contributed by atoms with van der Waals surface area (Å²) in [6.45, 7) is 0.375. The molecule has 0 amide bonds. The van der Waals surface area contributed by atoms with Crippen LogP contribution in [0.4, 0.5) is 0 Å². The van der Waals surface area contributed by atoms with Crippen molar-refractivity contribution < 1.29 is 5.73 Å². The Kier molecular flexibility index (Phi) is 2.11. The minimum absolute atomic E-state index is 0.375. The molecule has 4 heavy (non-hydrogen) atoms. The Morgan fingerprint density at radius 2 is 2.25 bits per heavy atom. The van der Waals surface area contributed by atoms with Gasteiger partial charge in [0.2, 0.25) is 0 Å². The van der Waals surface area contributed by atoms with E-state index in [1.54, 1.807) is 0 Å². The van der Waals surface area contributed by atoms with Gasteiger partial charge in [-0.1, -0.05) is 0 Å². The van der Waals surface area contributed by atoms with Gasteiger partial charge >= 0.3 is 0 Å². The molecule has 0 unspecified atom stereocenters. The Bertz CT molecular complexity index is 33.8. The lowest BCUT2D eigenvalue weighted by Crippen LogP contribution is -2.49. The highest BCUT2D eigenvalue weighted by atomic mass is 14.5. The fourth-order valence-corrected chi connectivity index (χ4v) is 0. The molecule has 0 aromatic carbocycles. The monoisotopic (exact) mass is 57.0 g/mol. The second-order valence-electron chi connectivity index (χ2n) is 0.408. The Balaban J connectivity index is 2.43. The fraction of sp³-hybridized carbons (Fsp3) is 0.500. The molecule has 22 valence electrons. The van der Waals surface area contributed by atoms with Crippen LogP contribution >= 0.6 is 0 Å². The van der Waals surface area contributed by atoms with Crippen molar-refractivity contribution in [2.24, 2.45) is 0 Å². The van der Waals surface area contributed by atoms with E-state index < -0.39 is 0 Å². The van der Waals surface area contributed by atoms with Crippen molar-refractivity contribution in [1.82, 2.24) is 0 Å². The van der Waals surface area contributed by atoms with Gasteiger partial charge in [-0.05, 0) is 0 Å². The van der Waals surface area contributed by atoms with Crippen molar-refractivity contribution in [2.75, 3.05) is 6.54 Å². The summed E-state index contributed by atoms with van der Waals surface area (Å²) < 4.78 is 0. The largest absolute Gasteiger partial charge is 0.346 e. The third-order valence-electron chi connectivity index (χ3n) is 0.112. The lowest BCUT2D eigenvalue weighted by molar-refractivity contribution is -0.350. The zero-order valence-electron chi connectivity index (χ0n) is 2.36. The van der Waals surface area contributed by atoms with Crippen LogP contribution < -0.4 is 5.73 Å². The molecule has 3 N–H and O–H groups in total. The van der Waals surface area contributed by atoms with Crippen LogP contribution in [0.15, 0.2) is 0 Å². The normalized spacial score (nSPS) is 5.00. The van der Waals surface area contributed by atoms with Crippen LogP contribution in [0, 0.1) is 11.3 Å². The molecule has 0 spiro atoms. The van der Waals surface area contributed by atoms with Crippen LogP contribution in [0.25, 0.3) is 0 Å². The van der Waals surface area contributed by atoms with Crippen LogP contribution in [0.3, 0.4) is 0 Å². The van der Waals surface area contributed by atoms with Gasteiger partial charge in [0.25, 0.3) is 0 Å². The number of hydrogen-bond donors (Lipinski definition) is 1. The Morgan fingerprint density at radius 1 is 2.00 bits per heavy atom. The van der Waals surface area contributed by atoms with E-state index in [0.717, 1.165) is 0 Å². The smallest absolute Gasteiger partial charge is 0.161 e. The summed E-state index contributed by atoms with van der Waals surface area (Å²) in [5, 5.41) is 7.56. The molecule has 2 heteroatoms. The van der Waals surface area contributed by atoms with Gasteiger partial charge in [0.1, 0.15) is 6.07 Å². The van der Waals surface area contributed by atoms with Gasteiger partial charge in [-0.15, -0.1) is 0 Å². The van der Waals surface area contributed by atoms with E-state index in [1.165, 1.54) is 0 Å².